The van der Waals surface area contributed by atoms with Crippen LogP contribution >= 0.6 is 11.6 Å². The minimum Gasteiger partial charge on any atom is -0.223 e. The first-order valence-corrected chi connectivity index (χ1v) is 5.54. The summed E-state index contributed by atoms with van der Waals surface area (Å²) in [4.78, 5) is 0.261. The number of allylic oxidation sites excluding steroid dienone is 2. The Morgan fingerprint density at radius 2 is 1.50 bits per heavy atom. The van der Waals surface area contributed by atoms with Crippen molar-refractivity contribution in [3.8, 4) is 0 Å². The maximum absolute atomic E-state index is 11.7. The van der Waals surface area contributed by atoms with Crippen molar-refractivity contribution < 1.29 is 8.42 Å². The molecule has 0 aliphatic rings. The first kappa shape index (κ1) is 12.0. The van der Waals surface area contributed by atoms with Crippen molar-refractivity contribution in [2.45, 2.75) is 39.4 Å². The smallest absolute Gasteiger partial charge is 0.180 e. The Bertz CT molecular complexity index is 290. The van der Waals surface area contributed by atoms with Crippen LogP contribution in [0.1, 0.15) is 34.6 Å². The number of hydrogen-bond acceptors (Lipinski definition) is 2. The van der Waals surface area contributed by atoms with Crippen LogP contribution in [0.5, 0.6) is 0 Å². The molecule has 0 amide bonds. The van der Waals surface area contributed by atoms with Crippen molar-refractivity contribution in [2.24, 2.45) is 0 Å². The second kappa shape index (κ2) is 3.38. The predicted molar refractivity (Wildman–Crippen MR) is 52.9 cm³/mol. The lowest BCUT2D eigenvalue weighted by atomic mass is 10.3. The van der Waals surface area contributed by atoms with Crippen LogP contribution in [0.4, 0.5) is 0 Å². The third-order valence-electron chi connectivity index (χ3n) is 1.69. The molecule has 0 atom stereocenters. The van der Waals surface area contributed by atoms with Gasteiger partial charge in [0.1, 0.15) is 0 Å². The molecule has 0 saturated carbocycles. The summed E-state index contributed by atoms with van der Waals surface area (Å²) in [6.07, 6.45) is 0. The fraction of sp³-hybridized carbons (Fsp3) is 0.750. The summed E-state index contributed by atoms with van der Waals surface area (Å²) in [5, 5.41) is 0.338. The molecule has 0 aliphatic carbocycles. The number of halogens is 1. The Balaban J connectivity index is 5.34. The van der Waals surface area contributed by atoms with E-state index in [1.807, 2.05) is 0 Å². The second-order valence-corrected chi connectivity index (χ2v) is 7.12. The van der Waals surface area contributed by atoms with Gasteiger partial charge < -0.3 is 0 Å². The van der Waals surface area contributed by atoms with Gasteiger partial charge in [-0.15, -0.1) is 0 Å². The van der Waals surface area contributed by atoms with E-state index in [9.17, 15) is 8.42 Å². The van der Waals surface area contributed by atoms with E-state index in [0.29, 0.717) is 5.03 Å². The number of hydrogen-bond donors (Lipinski definition) is 0. The molecule has 0 aromatic carbocycles. The molecule has 4 heteroatoms. The highest BCUT2D eigenvalue weighted by atomic mass is 35.5. The predicted octanol–water partition coefficient (Wildman–Crippen LogP) is 2.69. The zero-order valence-electron chi connectivity index (χ0n) is 8.10. The maximum atomic E-state index is 11.7. The van der Waals surface area contributed by atoms with Gasteiger partial charge in [0.2, 0.25) is 0 Å². The molecular weight excluding hydrogens is 196 g/mol. The molecular formula is C8H15ClO2S. The molecule has 0 aliphatic heterocycles. The van der Waals surface area contributed by atoms with Crippen molar-refractivity contribution in [1.29, 1.82) is 0 Å². The molecule has 0 aromatic heterocycles. The molecule has 2 nitrogen and oxygen atoms in total. The average Bonchev–Trinajstić information content (AvgIpc) is 1.83. The number of rotatable bonds is 1. The van der Waals surface area contributed by atoms with Crippen molar-refractivity contribution in [1.82, 2.24) is 0 Å². The lowest BCUT2D eigenvalue weighted by Crippen LogP contribution is -2.28. The van der Waals surface area contributed by atoms with Crippen LogP contribution in [0.2, 0.25) is 0 Å². The third kappa shape index (κ3) is 2.23. The SMILES string of the molecule is CC(Cl)=C(C)S(=O)(=O)C(C)(C)C. The monoisotopic (exact) mass is 210 g/mol. The third-order valence-corrected chi connectivity index (χ3v) is 4.81. The van der Waals surface area contributed by atoms with Gasteiger partial charge >= 0.3 is 0 Å². The second-order valence-electron chi connectivity index (χ2n) is 3.71. The van der Waals surface area contributed by atoms with Crippen molar-refractivity contribution >= 4 is 21.4 Å². The molecule has 0 fully saturated rings. The average molecular weight is 211 g/mol. The summed E-state index contributed by atoms with van der Waals surface area (Å²) >= 11 is 5.62. The van der Waals surface area contributed by atoms with E-state index in [1.54, 1.807) is 27.7 Å². The zero-order chi connectivity index (χ0) is 10.2. The number of sulfone groups is 1. The van der Waals surface area contributed by atoms with Gasteiger partial charge in [0, 0.05) is 5.03 Å². The Morgan fingerprint density at radius 1 is 1.17 bits per heavy atom. The van der Waals surface area contributed by atoms with Crippen LogP contribution in [0.25, 0.3) is 0 Å². The largest absolute Gasteiger partial charge is 0.223 e. The van der Waals surface area contributed by atoms with Crippen LogP contribution in [0.15, 0.2) is 9.94 Å². The molecule has 0 radical (unpaired) electrons. The van der Waals surface area contributed by atoms with E-state index in [2.05, 4.69) is 0 Å². The van der Waals surface area contributed by atoms with E-state index < -0.39 is 14.6 Å². The minimum absolute atomic E-state index is 0.261. The van der Waals surface area contributed by atoms with E-state index in [1.165, 1.54) is 6.92 Å². The first-order valence-electron chi connectivity index (χ1n) is 3.68. The molecule has 0 aromatic rings. The van der Waals surface area contributed by atoms with Crippen LogP contribution in [0.3, 0.4) is 0 Å². The van der Waals surface area contributed by atoms with Crippen LogP contribution < -0.4 is 0 Å². The van der Waals surface area contributed by atoms with Gasteiger partial charge in [-0.3, -0.25) is 0 Å². The lowest BCUT2D eigenvalue weighted by Gasteiger charge is -2.19. The normalized spacial score (nSPS) is 15.8. The van der Waals surface area contributed by atoms with Gasteiger partial charge in [-0.2, -0.15) is 0 Å². The van der Waals surface area contributed by atoms with Crippen molar-refractivity contribution in [3.05, 3.63) is 9.94 Å². The molecule has 0 saturated heterocycles. The van der Waals surface area contributed by atoms with E-state index in [-0.39, 0.29) is 4.91 Å². The fourth-order valence-electron chi connectivity index (χ4n) is 0.644. The van der Waals surface area contributed by atoms with Gasteiger partial charge in [0.15, 0.2) is 9.84 Å². The lowest BCUT2D eigenvalue weighted by molar-refractivity contribution is 0.567. The van der Waals surface area contributed by atoms with Gasteiger partial charge in [-0.25, -0.2) is 8.42 Å². The molecule has 0 bridgehead atoms. The molecule has 0 heterocycles. The molecule has 0 N–H and O–H groups in total. The Morgan fingerprint density at radius 3 is 1.58 bits per heavy atom. The summed E-state index contributed by atoms with van der Waals surface area (Å²) in [5.41, 5.74) is 0. The van der Waals surface area contributed by atoms with Gasteiger partial charge in [0.05, 0.1) is 9.65 Å². The van der Waals surface area contributed by atoms with E-state index >= 15 is 0 Å². The summed E-state index contributed by atoms with van der Waals surface area (Å²) in [6, 6.07) is 0. The zero-order valence-corrected chi connectivity index (χ0v) is 9.68. The maximum Gasteiger partial charge on any atom is 0.180 e. The van der Waals surface area contributed by atoms with Crippen LogP contribution in [-0.2, 0) is 9.84 Å². The van der Waals surface area contributed by atoms with E-state index in [0.717, 1.165) is 0 Å². The Labute approximate surface area is 79.5 Å². The Kier molecular flexibility index (Phi) is 3.38. The standard InChI is InChI=1S/C8H15ClO2S/c1-6(9)7(2)12(10,11)8(3,4)5/h1-5H3. The fourth-order valence-corrected chi connectivity index (χ4v) is 2.24. The van der Waals surface area contributed by atoms with Crippen molar-refractivity contribution in [3.63, 3.8) is 0 Å². The molecule has 0 unspecified atom stereocenters. The summed E-state index contributed by atoms with van der Waals surface area (Å²) < 4.78 is 22.5. The highest BCUT2D eigenvalue weighted by Gasteiger charge is 2.31. The molecule has 0 rings (SSSR count). The molecule has 0 spiro atoms. The quantitative estimate of drug-likeness (QED) is 0.667. The minimum atomic E-state index is -3.23. The van der Waals surface area contributed by atoms with Gasteiger partial charge in [-0.05, 0) is 34.6 Å². The first-order chi connectivity index (χ1) is 5.10. The summed E-state index contributed by atoms with van der Waals surface area (Å²) in [7, 11) is -3.23. The van der Waals surface area contributed by atoms with Crippen LogP contribution in [-0.4, -0.2) is 13.2 Å². The van der Waals surface area contributed by atoms with Gasteiger partial charge in [0.25, 0.3) is 0 Å². The highest BCUT2D eigenvalue weighted by Crippen LogP contribution is 2.26. The summed E-state index contributed by atoms with van der Waals surface area (Å²) in [5.74, 6) is 0. The molecule has 12 heavy (non-hydrogen) atoms. The summed E-state index contributed by atoms with van der Waals surface area (Å²) in [6.45, 7) is 8.09. The topological polar surface area (TPSA) is 34.1 Å². The van der Waals surface area contributed by atoms with Crippen molar-refractivity contribution in [2.75, 3.05) is 0 Å². The van der Waals surface area contributed by atoms with E-state index in [4.69, 9.17) is 11.6 Å². The highest BCUT2D eigenvalue weighted by molar-refractivity contribution is 7.96. The Hall–Kier alpha value is -0.0200. The van der Waals surface area contributed by atoms with Crippen LogP contribution in [0, 0.1) is 0 Å². The van der Waals surface area contributed by atoms with Gasteiger partial charge in [-0.1, -0.05) is 11.6 Å². The molecule has 72 valence electrons.